The van der Waals surface area contributed by atoms with Gasteiger partial charge in [0.25, 0.3) is 11.7 Å². The fourth-order valence-electron chi connectivity index (χ4n) is 3.46. The highest BCUT2D eigenvalue weighted by Crippen LogP contribution is 2.29. The molecule has 1 fully saturated rings. The molecule has 1 amide bonds. The van der Waals surface area contributed by atoms with Gasteiger partial charge in [-0.05, 0) is 20.8 Å². The van der Waals surface area contributed by atoms with Gasteiger partial charge in [0.1, 0.15) is 12.1 Å². The van der Waals surface area contributed by atoms with Crippen molar-refractivity contribution >= 4 is 29.2 Å². The monoisotopic (exact) mass is 372 g/mol. The standard InChI is InChI=1S/C17H21FN8O/c1-9-10(2)21-16-19-8-20-26(16)15(9)25-6-12(7-25)5-24(4)17-22-11(3)13(18)14(27)23-17/h8,12-13H,5-7H2,1-4H3. The predicted molar refractivity (Wildman–Crippen MR) is 99.0 cm³/mol. The van der Waals surface area contributed by atoms with E-state index in [9.17, 15) is 9.18 Å². The molecule has 27 heavy (non-hydrogen) atoms. The van der Waals surface area contributed by atoms with Crippen molar-refractivity contribution in [2.45, 2.75) is 26.9 Å². The van der Waals surface area contributed by atoms with E-state index in [1.165, 1.54) is 13.3 Å². The number of guanidine groups is 1. The maximum absolute atomic E-state index is 13.5. The first-order valence-electron chi connectivity index (χ1n) is 8.80. The summed E-state index contributed by atoms with van der Waals surface area (Å²) in [5, 5.41) is 4.29. The topological polar surface area (TPSA) is 91.3 Å². The number of amides is 1. The summed E-state index contributed by atoms with van der Waals surface area (Å²) in [7, 11) is 1.82. The van der Waals surface area contributed by atoms with Crippen LogP contribution < -0.4 is 4.90 Å². The first-order valence-corrected chi connectivity index (χ1v) is 8.80. The lowest BCUT2D eigenvalue weighted by Gasteiger charge is -2.43. The molecule has 2 aromatic rings. The van der Waals surface area contributed by atoms with Gasteiger partial charge in [0.15, 0.2) is 0 Å². The Balaban J connectivity index is 1.45. The SMILES string of the molecule is CC1=NC(N(C)CC2CN(c3c(C)c(C)nc4ncnn34)C2)=NC(=O)C1F. The highest BCUT2D eigenvalue weighted by Gasteiger charge is 2.33. The van der Waals surface area contributed by atoms with E-state index in [0.29, 0.717) is 18.2 Å². The fraction of sp³-hybridized carbons (Fsp3) is 0.529. The van der Waals surface area contributed by atoms with E-state index in [2.05, 4.69) is 30.0 Å². The molecule has 0 radical (unpaired) electrons. The molecule has 4 rings (SSSR count). The molecular weight excluding hydrogens is 351 g/mol. The summed E-state index contributed by atoms with van der Waals surface area (Å²) in [5.74, 6) is 1.47. The van der Waals surface area contributed by atoms with Gasteiger partial charge in [0.2, 0.25) is 12.1 Å². The first kappa shape index (κ1) is 17.5. The number of aliphatic imine (C=N–C) groups is 2. The average Bonchev–Trinajstić information content (AvgIpc) is 3.04. The molecule has 0 N–H and O–H groups in total. The van der Waals surface area contributed by atoms with Crippen LogP contribution in [0.2, 0.25) is 0 Å². The summed E-state index contributed by atoms with van der Waals surface area (Å²) in [6.45, 7) is 7.85. The van der Waals surface area contributed by atoms with E-state index >= 15 is 0 Å². The van der Waals surface area contributed by atoms with Gasteiger partial charge in [-0.1, -0.05) is 0 Å². The van der Waals surface area contributed by atoms with Crippen molar-refractivity contribution in [2.75, 3.05) is 31.6 Å². The first-order chi connectivity index (χ1) is 12.8. The van der Waals surface area contributed by atoms with Crippen LogP contribution in [-0.2, 0) is 4.79 Å². The molecular formula is C17H21FN8O. The maximum atomic E-state index is 13.5. The Hall–Kier alpha value is -2.91. The molecule has 10 heteroatoms. The highest BCUT2D eigenvalue weighted by molar-refractivity contribution is 6.16. The lowest BCUT2D eigenvalue weighted by atomic mass is 9.99. The number of anilines is 1. The molecule has 1 unspecified atom stereocenters. The Kier molecular flexibility index (Phi) is 4.12. The number of alkyl halides is 1. The van der Waals surface area contributed by atoms with E-state index in [0.717, 1.165) is 30.2 Å². The minimum absolute atomic E-state index is 0.156. The van der Waals surface area contributed by atoms with Gasteiger partial charge in [-0.15, -0.1) is 0 Å². The minimum atomic E-state index is -1.72. The van der Waals surface area contributed by atoms with E-state index in [1.54, 1.807) is 4.52 Å². The van der Waals surface area contributed by atoms with E-state index in [1.807, 2.05) is 25.8 Å². The number of carbonyl (C=O) groups excluding carboxylic acids is 1. The average molecular weight is 372 g/mol. The van der Waals surface area contributed by atoms with Crippen molar-refractivity contribution in [3.63, 3.8) is 0 Å². The van der Waals surface area contributed by atoms with Gasteiger partial charge >= 0.3 is 0 Å². The number of rotatable bonds is 3. The Bertz CT molecular complexity index is 975. The number of fused-ring (bicyclic) bond motifs is 1. The molecule has 4 heterocycles. The normalized spacial score (nSPS) is 20.6. The number of carbonyl (C=O) groups is 1. The van der Waals surface area contributed by atoms with Crippen LogP contribution in [0.15, 0.2) is 16.3 Å². The van der Waals surface area contributed by atoms with E-state index in [-0.39, 0.29) is 11.7 Å². The second-order valence-corrected chi connectivity index (χ2v) is 7.13. The van der Waals surface area contributed by atoms with Crippen molar-refractivity contribution in [1.29, 1.82) is 0 Å². The molecule has 2 aliphatic rings. The third kappa shape index (κ3) is 2.94. The summed E-state index contributed by atoms with van der Waals surface area (Å²) in [6, 6.07) is 0. The second kappa shape index (κ2) is 6.36. The van der Waals surface area contributed by atoms with Crippen LogP contribution in [0, 0.1) is 19.8 Å². The second-order valence-electron chi connectivity index (χ2n) is 7.13. The van der Waals surface area contributed by atoms with Crippen molar-refractivity contribution in [3.05, 3.63) is 17.6 Å². The molecule has 0 bridgehead atoms. The van der Waals surface area contributed by atoms with Crippen molar-refractivity contribution in [1.82, 2.24) is 24.5 Å². The van der Waals surface area contributed by atoms with Crippen LogP contribution >= 0.6 is 0 Å². The van der Waals surface area contributed by atoms with Gasteiger partial charge in [0.05, 0.1) is 5.71 Å². The number of aromatic nitrogens is 4. The van der Waals surface area contributed by atoms with Gasteiger partial charge in [-0.3, -0.25) is 4.79 Å². The molecule has 0 saturated carbocycles. The maximum Gasteiger partial charge on any atom is 0.289 e. The molecule has 0 aromatic carbocycles. The molecule has 1 atom stereocenters. The zero-order valence-corrected chi connectivity index (χ0v) is 15.7. The third-order valence-electron chi connectivity index (χ3n) is 5.08. The number of nitrogens with zero attached hydrogens (tertiary/aromatic N) is 8. The number of hydrogen-bond donors (Lipinski definition) is 0. The Morgan fingerprint density at radius 3 is 2.70 bits per heavy atom. The largest absolute Gasteiger partial charge is 0.355 e. The summed E-state index contributed by atoms with van der Waals surface area (Å²) in [6.07, 6.45) is -0.212. The van der Waals surface area contributed by atoms with Crippen LogP contribution in [-0.4, -0.2) is 74.9 Å². The number of halogens is 1. The van der Waals surface area contributed by atoms with Crippen molar-refractivity contribution in [2.24, 2.45) is 15.9 Å². The predicted octanol–water partition coefficient (Wildman–Crippen LogP) is 0.804. The molecule has 0 spiro atoms. The van der Waals surface area contributed by atoms with Crippen LogP contribution in [0.25, 0.3) is 5.78 Å². The highest BCUT2D eigenvalue weighted by atomic mass is 19.1. The summed E-state index contributed by atoms with van der Waals surface area (Å²) in [4.78, 5) is 32.1. The molecule has 9 nitrogen and oxygen atoms in total. The zero-order valence-electron chi connectivity index (χ0n) is 15.7. The quantitative estimate of drug-likeness (QED) is 0.792. The molecule has 1 saturated heterocycles. The lowest BCUT2D eigenvalue weighted by molar-refractivity contribution is -0.120. The van der Waals surface area contributed by atoms with E-state index in [4.69, 9.17) is 0 Å². The molecule has 142 valence electrons. The zero-order chi connectivity index (χ0) is 19.3. The summed E-state index contributed by atoms with van der Waals surface area (Å²) >= 11 is 0. The van der Waals surface area contributed by atoms with E-state index < -0.39 is 12.1 Å². The summed E-state index contributed by atoms with van der Waals surface area (Å²) in [5.41, 5.74) is 2.17. The Labute approximate surface area is 155 Å². The van der Waals surface area contributed by atoms with Crippen LogP contribution in [0.1, 0.15) is 18.2 Å². The number of aryl methyl sites for hydroxylation is 1. The lowest BCUT2D eigenvalue weighted by Crippen LogP contribution is -2.53. The van der Waals surface area contributed by atoms with Gasteiger partial charge < -0.3 is 9.80 Å². The third-order valence-corrected chi connectivity index (χ3v) is 5.08. The minimum Gasteiger partial charge on any atom is -0.355 e. The van der Waals surface area contributed by atoms with Gasteiger partial charge in [0, 0.05) is 43.9 Å². The Morgan fingerprint density at radius 2 is 2.00 bits per heavy atom. The molecule has 0 aliphatic carbocycles. The van der Waals surface area contributed by atoms with Crippen molar-refractivity contribution in [3.8, 4) is 0 Å². The summed E-state index contributed by atoms with van der Waals surface area (Å²) < 4.78 is 15.3. The van der Waals surface area contributed by atoms with Crippen LogP contribution in [0.3, 0.4) is 0 Å². The number of hydrogen-bond acceptors (Lipinski definition) is 7. The molecule has 2 aromatic heterocycles. The Morgan fingerprint density at radius 1 is 1.26 bits per heavy atom. The molecule has 2 aliphatic heterocycles. The fourth-order valence-corrected chi connectivity index (χ4v) is 3.46. The van der Waals surface area contributed by atoms with Gasteiger partial charge in [-0.25, -0.2) is 14.4 Å². The van der Waals surface area contributed by atoms with Gasteiger partial charge in [-0.2, -0.15) is 19.6 Å². The van der Waals surface area contributed by atoms with Crippen molar-refractivity contribution < 1.29 is 9.18 Å². The smallest absolute Gasteiger partial charge is 0.289 e. The van der Waals surface area contributed by atoms with Crippen LogP contribution in [0.5, 0.6) is 0 Å². The van der Waals surface area contributed by atoms with Crippen LogP contribution in [0.4, 0.5) is 10.2 Å².